The first-order chi connectivity index (χ1) is 36.3. The number of hydrogen-bond donors (Lipinski definition) is 2. The van der Waals surface area contributed by atoms with Crippen molar-refractivity contribution in [2.24, 2.45) is 0 Å². The average Bonchev–Trinajstić information content (AvgIpc) is 3.44. The van der Waals surface area contributed by atoms with Crippen molar-refractivity contribution in [3.05, 3.63) is 262 Å². The number of aliphatic hydroxyl groups is 2. The van der Waals surface area contributed by atoms with Crippen molar-refractivity contribution in [1.82, 2.24) is 0 Å². The lowest BCUT2D eigenvalue weighted by Gasteiger charge is -2.32. The van der Waals surface area contributed by atoms with Crippen molar-refractivity contribution in [2.45, 2.75) is 77.3 Å². The van der Waals surface area contributed by atoms with Crippen LogP contribution in [0.25, 0.3) is 0 Å². The number of halogens is 2. The van der Waals surface area contributed by atoms with Crippen LogP contribution >= 0.6 is 0 Å². The standard InChI is InChI=1S/C62H60F2O10/c63-53-25-21-49(22-26-53)41-73-59(43-67-35-51-29-55(69-37-45-13-5-1-6-14-45)33-56(30-51)70-38-46-15-7-2-8-16-46)61(65)62(66)60(74-42-50-23-27-54(64)28-24-50)44-68-36-52-31-57(71-39-47-17-9-3-10-18-47)34-58(32-52)72-40-48-19-11-4-12-20-48/h1-34,59-62,65-66H,35-44H2/t59-,60-,61-,62-/m1/s1. The van der Waals surface area contributed by atoms with Gasteiger partial charge in [0.1, 0.15) is 85.5 Å². The summed E-state index contributed by atoms with van der Waals surface area (Å²) < 4.78 is 77.8. The summed E-state index contributed by atoms with van der Waals surface area (Å²) in [4.78, 5) is 0. The molecule has 10 nitrogen and oxygen atoms in total. The second-order valence-electron chi connectivity index (χ2n) is 17.7. The normalized spacial score (nSPS) is 12.9. The molecule has 0 amide bonds. The third kappa shape index (κ3) is 17.4. The van der Waals surface area contributed by atoms with Crippen molar-refractivity contribution in [2.75, 3.05) is 13.2 Å². The van der Waals surface area contributed by atoms with Crippen molar-refractivity contribution in [3.63, 3.8) is 0 Å². The summed E-state index contributed by atoms with van der Waals surface area (Å²) in [6.07, 6.45) is -5.42. The molecule has 8 aromatic rings. The molecule has 0 fully saturated rings. The van der Waals surface area contributed by atoms with E-state index in [2.05, 4.69) is 0 Å². The maximum absolute atomic E-state index is 13.9. The van der Waals surface area contributed by atoms with Crippen LogP contribution in [-0.2, 0) is 71.8 Å². The fourth-order valence-corrected chi connectivity index (χ4v) is 7.81. The summed E-state index contributed by atoms with van der Waals surface area (Å²) in [5.41, 5.74) is 6.71. The Morgan fingerprint density at radius 1 is 0.297 bits per heavy atom. The lowest BCUT2D eigenvalue weighted by Crippen LogP contribution is -2.49. The first-order valence-corrected chi connectivity index (χ1v) is 24.5. The molecule has 0 radical (unpaired) electrons. The minimum atomic E-state index is -1.59. The van der Waals surface area contributed by atoms with E-state index in [9.17, 15) is 19.0 Å². The van der Waals surface area contributed by atoms with E-state index < -0.39 is 36.1 Å². The number of hydrogen-bond acceptors (Lipinski definition) is 10. The first-order valence-electron chi connectivity index (χ1n) is 24.5. The molecule has 4 atom stereocenters. The Balaban J connectivity index is 0.983. The highest BCUT2D eigenvalue weighted by Crippen LogP contribution is 2.28. The van der Waals surface area contributed by atoms with Crippen molar-refractivity contribution in [1.29, 1.82) is 0 Å². The van der Waals surface area contributed by atoms with Crippen LogP contribution in [0.5, 0.6) is 23.0 Å². The summed E-state index contributed by atoms with van der Waals surface area (Å²) >= 11 is 0. The van der Waals surface area contributed by atoms with E-state index in [0.29, 0.717) is 60.6 Å². The summed E-state index contributed by atoms with van der Waals surface area (Å²) in [5.74, 6) is 1.47. The van der Waals surface area contributed by atoms with Gasteiger partial charge in [0.2, 0.25) is 0 Å². The second-order valence-corrected chi connectivity index (χ2v) is 17.7. The van der Waals surface area contributed by atoms with Gasteiger partial charge in [0.15, 0.2) is 0 Å². The molecular weight excluding hydrogens is 943 g/mol. The Hall–Kier alpha value is -7.42. The van der Waals surface area contributed by atoms with Gasteiger partial charge in [-0.25, -0.2) is 8.78 Å². The predicted octanol–water partition coefficient (Wildman–Crippen LogP) is 11.9. The van der Waals surface area contributed by atoms with Gasteiger partial charge in [-0.1, -0.05) is 146 Å². The molecule has 2 N–H and O–H groups in total. The molecule has 0 aliphatic carbocycles. The highest BCUT2D eigenvalue weighted by atomic mass is 19.1. The molecule has 382 valence electrons. The maximum Gasteiger partial charge on any atom is 0.123 e. The van der Waals surface area contributed by atoms with Gasteiger partial charge in [-0.3, -0.25) is 0 Å². The quantitative estimate of drug-likeness (QED) is 0.0470. The number of rotatable bonds is 29. The Morgan fingerprint density at radius 3 is 0.851 bits per heavy atom. The molecule has 0 aliphatic heterocycles. The molecule has 0 heterocycles. The Morgan fingerprint density at radius 2 is 0.568 bits per heavy atom. The third-order valence-corrected chi connectivity index (χ3v) is 11.8. The van der Waals surface area contributed by atoms with Gasteiger partial charge in [0.25, 0.3) is 0 Å². The van der Waals surface area contributed by atoms with Crippen molar-refractivity contribution in [3.8, 4) is 23.0 Å². The first kappa shape index (κ1) is 52.9. The summed E-state index contributed by atoms with van der Waals surface area (Å²) in [6, 6.07) is 62.0. The molecule has 12 heteroatoms. The molecule has 8 rings (SSSR count). The fraction of sp³-hybridized carbons (Fsp3) is 0.226. The van der Waals surface area contributed by atoms with Crippen molar-refractivity contribution < 1.29 is 56.9 Å². The van der Waals surface area contributed by atoms with E-state index in [-0.39, 0.29) is 39.6 Å². The topological polar surface area (TPSA) is 114 Å². The zero-order valence-corrected chi connectivity index (χ0v) is 40.9. The van der Waals surface area contributed by atoms with E-state index in [1.54, 1.807) is 24.3 Å². The van der Waals surface area contributed by atoms with Crippen LogP contribution in [0.4, 0.5) is 8.78 Å². The summed E-state index contributed by atoms with van der Waals surface area (Å²) in [7, 11) is 0. The molecule has 0 bridgehead atoms. The monoisotopic (exact) mass is 1000 g/mol. The van der Waals surface area contributed by atoms with Crippen LogP contribution in [0.15, 0.2) is 206 Å². The SMILES string of the molecule is O[C@@H]([C@H](O)[C@@H](COCc1cc(OCc2ccccc2)cc(OCc2ccccc2)c1)OCc1ccc(F)cc1)[C@@H](COCc1cc(OCc2ccccc2)cc(OCc2ccccc2)c1)OCc1ccc(F)cc1. The molecule has 0 spiro atoms. The second kappa shape index (κ2) is 28.1. The van der Waals surface area contributed by atoms with Gasteiger partial charge < -0.3 is 48.1 Å². The van der Waals surface area contributed by atoms with Crippen molar-refractivity contribution >= 4 is 0 Å². The van der Waals surface area contributed by atoms with Crippen LogP contribution < -0.4 is 18.9 Å². The van der Waals surface area contributed by atoms with E-state index in [1.165, 1.54) is 24.3 Å². The fourth-order valence-electron chi connectivity index (χ4n) is 7.81. The smallest absolute Gasteiger partial charge is 0.123 e. The molecule has 0 aromatic heterocycles. The highest BCUT2D eigenvalue weighted by Gasteiger charge is 2.34. The Labute approximate surface area is 431 Å². The lowest BCUT2D eigenvalue weighted by atomic mass is 10.0. The number of benzene rings is 8. The van der Waals surface area contributed by atoms with Crippen LogP contribution in [0, 0.1) is 11.6 Å². The van der Waals surface area contributed by atoms with Gasteiger partial charge in [0, 0.05) is 12.1 Å². The third-order valence-electron chi connectivity index (χ3n) is 11.8. The Bertz CT molecular complexity index is 2540. The van der Waals surface area contributed by atoms with Crippen LogP contribution in [0.3, 0.4) is 0 Å². The van der Waals surface area contributed by atoms with Gasteiger partial charge in [-0.05, 0) is 93.0 Å². The molecule has 0 unspecified atom stereocenters. The van der Waals surface area contributed by atoms with E-state index in [4.69, 9.17) is 37.9 Å². The molecule has 0 aliphatic rings. The van der Waals surface area contributed by atoms with Gasteiger partial charge in [-0.2, -0.15) is 0 Å². The number of aliphatic hydroxyl groups excluding tert-OH is 2. The minimum absolute atomic E-state index is 0.0344. The molecule has 74 heavy (non-hydrogen) atoms. The van der Waals surface area contributed by atoms with Gasteiger partial charge >= 0.3 is 0 Å². The average molecular weight is 1000 g/mol. The van der Waals surface area contributed by atoms with Gasteiger partial charge in [0.05, 0.1) is 39.6 Å². The molecule has 0 saturated carbocycles. The van der Waals surface area contributed by atoms with E-state index in [1.807, 2.05) is 158 Å². The van der Waals surface area contributed by atoms with Crippen LogP contribution in [0.1, 0.15) is 44.5 Å². The molecular formula is C62H60F2O10. The lowest BCUT2D eigenvalue weighted by molar-refractivity contribution is -0.170. The molecule has 0 saturated heterocycles. The largest absolute Gasteiger partial charge is 0.489 e. The van der Waals surface area contributed by atoms with Crippen LogP contribution in [-0.4, -0.2) is 47.8 Å². The van der Waals surface area contributed by atoms with E-state index >= 15 is 0 Å². The summed E-state index contributed by atoms with van der Waals surface area (Å²) in [6.45, 7) is 1.02. The zero-order valence-electron chi connectivity index (χ0n) is 40.9. The molecule has 8 aromatic carbocycles. The van der Waals surface area contributed by atoms with E-state index in [0.717, 1.165) is 33.4 Å². The zero-order chi connectivity index (χ0) is 51.2. The van der Waals surface area contributed by atoms with Gasteiger partial charge in [-0.15, -0.1) is 0 Å². The highest BCUT2D eigenvalue weighted by molar-refractivity contribution is 5.40. The number of ether oxygens (including phenoxy) is 8. The predicted molar refractivity (Wildman–Crippen MR) is 277 cm³/mol. The maximum atomic E-state index is 13.9. The minimum Gasteiger partial charge on any atom is -0.489 e. The van der Waals surface area contributed by atoms with Crippen LogP contribution in [0.2, 0.25) is 0 Å². The Kier molecular flexibility index (Phi) is 20.1. The summed E-state index contributed by atoms with van der Waals surface area (Å²) in [5, 5.41) is 24.1.